The summed E-state index contributed by atoms with van der Waals surface area (Å²) in [7, 11) is 3.78. The molecule has 0 saturated heterocycles. The van der Waals surface area contributed by atoms with Gasteiger partial charge in [0, 0.05) is 26.6 Å². The van der Waals surface area contributed by atoms with Gasteiger partial charge in [-0.15, -0.1) is 0 Å². The van der Waals surface area contributed by atoms with E-state index in [2.05, 4.69) is 42.4 Å². The molecule has 0 aliphatic carbocycles. The predicted molar refractivity (Wildman–Crippen MR) is 100 cm³/mol. The summed E-state index contributed by atoms with van der Waals surface area (Å²) in [6.45, 7) is 4.54. The molecule has 0 saturated carbocycles. The Morgan fingerprint density at radius 3 is 2.72 bits per heavy atom. The molecule has 0 spiro atoms. The summed E-state index contributed by atoms with van der Waals surface area (Å²) in [5.74, 6) is -0.279. The van der Waals surface area contributed by atoms with Crippen molar-refractivity contribution in [2.24, 2.45) is 0 Å². The van der Waals surface area contributed by atoms with Gasteiger partial charge in [0.15, 0.2) is 0 Å². The number of halogens is 1. The highest BCUT2D eigenvalue weighted by Crippen LogP contribution is 2.20. The first-order chi connectivity index (χ1) is 12.0. The highest BCUT2D eigenvalue weighted by atomic mass is 19.1. The fourth-order valence-electron chi connectivity index (χ4n) is 3.02. The third-order valence-corrected chi connectivity index (χ3v) is 4.50. The molecule has 1 amide bonds. The van der Waals surface area contributed by atoms with Crippen LogP contribution in [0.1, 0.15) is 28.7 Å². The molecular weight excluding hydrogens is 315 g/mol. The molecule has 1 N–H and O–H groups in total. The Morgan fingerprint density at radius 2 is 2.00 bits per heavy atom. The van der Waals surface area contributed by atoms with Crippen molar-refractivity contribution in [2.45, 2.75) is 32.7 Å². The van der Waals surface area contributed by atoms with E-state index in [0.717, 1.165) is 12.1 Å². The molecule has 0 radical (unpaired) electrons. The Hall–Kier alpha value is -2.20. The van der Waals surface area contributed by atoms with Gasteiger partial charge in [-0.05, 0) is 61.2 Å². The van der Waals surface area contributed by atoms with Gasteiger partial charge < -0.3 is 10.2 Å². The first-order valence-corrected chi connectivity index (χ1v) is 8.70. The highest BCUT2D eigenvalue weighted by molar-refractivity contribution is 5.75. The third kappa shape index (κ3) is 5.98. The Kier molecular flexibility index (Phi) is 7.14. The standard InChI is InChI=1S/C11H15N.C10H12FNO/c1-9-4-3-5-10-8-12(2)7-6-11(9)10;1-12-10(13)6-5-8-3-2-4-9(11)7-8/h3-5H,6-8H2,1-2H3;2-4,7H,5-6H2,1H3,(H,12,13). The number of fused-ring (bicyclic) bond motifs is 1. The molecular formula is C21H27FN2O. The SMILES string of the molecule is CNC(=O)CCc1cccc(F)c1.Cc1cccc2c1CCN(C)C2. The van der Waals surface area contributed by atoms with E-state index in [1.54, 1.807) is 18.7 Å². The van der Waals surface area contributed by atoms with Crippen molar-refractivity contribution in [1.29, 1.82) is 0 Å². The van der Waals surface area contributed by atoms with E-state index in [0.29, 0.717) is 12.8 Å². The lowest BCUT2D eigenvalue weighted by Crippen LogP contribution is -2.26. The van der Waals surface area contributed by atoms with Crippen LogP contribution < -0.4 is 5.32 Å². The minimum Gasteiger partial charge on any atom is -0.359 e. The van der Waals surface area contributed by atoms with E-state index in [4.69, 9.17) is 0 Å². The average Bonchev–Trinajstić information content (AvgIpc) is 2.60. The number of nitrogens with one attached hydrogen (secondary N) is 1. The molecule has 0 fully saturated rings. The molecule has 25 heavy (non-hydrogen) atoms. The van der Waals surface area contributed by atoms with Crippen LogP contribution in [0.3, 0.4) is 0 Å². The minimum absolute atomic E-state index is 0.0238. The van der Waals surface area contributed by atoms with Gasteiger partial charge in [0.2, 0.25) is 5.91 Å². The molecule has 0 atom stereocenters. The molecule has 3 nitrogen and oxygen atoms in total. The zero-order chi connectivity index (χ0) is 18.2. The van der Waals surface area contributed by atoms with Gasteiger partial charge in [0.1, 0.15) is 5.82 Å². The van der Waals surface area contributed by atoms with Gasteiger partial charge in [-0.2, -0.15) is 0 Å². The van der Waals surface area contributed by atoms with Gasteiger partial charge in [0.05, 0.1) is 0 Å². The van der Waals surface area contributed by atoms with Crippen LogP contribution in [0.4, 0.5) is 4.39 Å². The van der Waals surface area contributed by atoms with E-state index in [1.807, 2.05) is 6.07 Å². The number of likely N-dealkylation sites (N-methyl/N-ethyl adjacent to an activating group) is 1. The first-order valence-electron chi connectivity index (χ1n) is 8.70. The number of hydrogen-bond donors (Lipinski definition) is 1. The molecule has 134 valence electrons. The fraction of sp³-hybridized carbons (Fsp3) is 0.381. The van der Waals surface area contributed by atoms with Crippen LogP contribution in [0.5, 0.6) is 0 Å². The van der Waals surface area contributed by atoms with Crippen molar-refractivity contribution in [3.8, 4) is 0 Å². The number of nitrogens with zero attached hydrogens (tertiary/aromatic N) is 1. The largest absolute Gasteiger partial charge is 0.359 e. The smallest absolute Gasteiger partial charge is 0.220 e. The maximum absolute atomic E-state index is 12.7. The second kappa shape index (κ2) is 9.33. The van der Waals surface area contributed by atoms with Crippen LogP contribution in [0, 0.1) is 12.7 Å². The summed E-state index contributed by atoms with van der Waals surface area (Å²) in [6, 6.07) is 12.9. The minimum atomic E-state index is -0.255. The van der Waals surface area contributed by atoms with Crippen molar-refractivity contribution >= 4 is 5.91 Å². The Balaban J connectivity index is 0.000000181. The summed E-state index contributed by atoms with van der Waals surface area (Å²) in [4.78, 5) is 13.2. The first kappa shape index (κ1) is 19.1. The third-order valence-electron chi connectivity index (χ3n) is 4.50. The van der Waals surface area contributed by atoms with Crippen LogP contribution in [0.2, 0.25) is 0 Å². The summed E-state index contributed by atoms with van der Waals surface area (Å²) in [5.41, 5.74) is 5.41. The van der Waals surface area contributed by atoms with E-state index in [-0.39, 0.29) is 11.7 Å². The summed E-state index contributed by atoms with van der Waals surface area (Å²) in [6.07, 6.45) is 2.20. The van der Waals surface area contributed by atoms with Crippen molar-refractivity contribution in [3.63, 3.8) is 0 Å². The lowest BCUT2D eigenvalue weighted by atomic mass is 9.96. The Labute approximate surface area is 149 Å². The van der Waals surface area contributed by atoms with E-state index >= 15 is 0 Å². The van der Waals surface area contributed by atoms with Crippen LogP contribution >= 0.6 is 0 Å². The van der Waals surface area contributed by atoms with Gasteiger partial charge in [-0.25, -0.2) is 4.39 Å². The summed E-state index contributed by atoms with van der Waals surface area (Å²) in [5, 5.41) is 2.52. The number of aryl methyl sites for hydroxylation is 2. The van der Waals surface area contributed by atoms with Gasteiger partial charge >= 0.3 is 0 Å². The average molecular weight is 342 g/mol. The van der Waals surface area contributed by atoms with Crippen LogP contribution in [-0.4, -0.2) is 31.4 Å². The Bertz CT molecular complexity index is 715. The van der Waals surface area contributed by atoms with Gasteiger partial charge in [0.25, 0.3) is 0 Å². The van der Waals surface area contributed by atoms with Gasteiger partial charge in [-0.1, -0.05) is 30.3 Å². The normalized spacial score (nSPS) is 13.4. The molecule has 0 unspecified atom stereocenters. The van der Waals surface area contributed by atoms with Crippen molar-refractivity contribution in [3.05, 3.63) is 70.5 Å². The lowest BCUT2D eigenvalue weighted by Gasteiger charge is -2.25. The van der Waals surface area contributed by atoms with Crippen LogP contribution in [0.25, 0.3) is 0 Å². The number of benzene rings is 2. The lowest BCUT2D eigenvalue weighted by molar-refractivity contribution is -0.120. The van der Waals surface area contributed by atoms with Crippen molar-refractivity contribution in [2.75, 3.05) is 20.6 Å². The fourth-order valence-corrected chi connectivity index (χ4v) is 3.02. The van der Waals surface area contributed by atoms with Crippen molar-refractivity contribution in [1.82, 2.24) is 10.2 Å². The molecule has 1 aliphatic rings. The number of hydrogen-bond acceptors (Lipinski definition) is 2. The number of rotatable bonds is 3. The second-order valence-electron chi connectivity index (χ2n) is 6.50. The summed E-state index contributed by atoms with van der Waals surface area (Å²) >= 11 is 0. The summed E-state index contributed by atoms with van der Waals surface area (Å²) < 4.78 is 12.7. The molecule has 0 aromatic heterocycles. The van der Waals surface area contributed by atoms with E-state index in [9.17, 15) is 9.18 Å². The number of carbonyl (C=O) groups is 1. The molecule has 1 aliphatic heterocycles. The maximum Gasteiger partial charge on any atom is 0.220 e. The van der Waals surface area contributed by atoms with E-state index in [1.165, 1.54) is 36.2 Å². The molecule has 0 bridgehead atoms. The molecule has 2 aromatic rings. The highest BCUT2D eigenvalue weighted by Gasteiger charge is 2.13. The van der Waals surface area contributed by atoms with Gasteiger partial charge in [-0.3, -0.25) is 4.79 Å². The van der Waals surface area contributed by atoms with E-state index < -0.39 is 0 Å². The Morgan fingerprint density at radius 1 is 1.24 bits per heavy atom. The molecule has 2 aromatic carbocycles. The molecule has 4 heteroatoms. The van der Waals surface area contributed by atoms with Crippen molar-refractivity contribution < 1.29 is 9.18 Å². The zero-order valence-corrected chi connectivity index (χ0v) is 15.3. The topological polar surface area (TPSA) is 32.3 Å². The quantitative estimate of drug-likeness (QED) is 0.926. The molecule has 3 rings (SSSR count). The van der Waals surface area contributed by atoms with Crippen LogP contribution in [0.15, 0.2) is 42.5 Å². The number of amides is 1. The van der Waals surface area contributed by atoms with Crippen LogP contribution in [-0.2, 0) is 24.2 Å². The predicted octanol–water partition coefficient (Wildman–Crippen LogP) is 3.49. The number of carbonyl (C=O) groups excluding carboxylic acids is 1. The monoisotopic (exact) mass is 342 g/mol. The maximum atomic E-state index is 12.7. The zero-order valence-electron chi connectivity index (χ0n) is 15.3. The second-order valence-corrected chi connectivity index (χ2v) is 6.50. The molecule has 1 heterocycles.